The first-order chi connectivity index (χ1) is 17.5. The zero-order valence-electron chi connectivity index (χ0n) is 19.5. The van der Waals surface area contributed by atoms with Crippen molar-refractivity contribution in [3.63, 3.8) is 0 Å². The fourth-order valence-corrected chi connectivity index (χ4v) is 4.05. The molecule has 180 valence electrons. The quantitative estimate of drug-likeness (QED) is 0.302. The third-order valence-corrected chi connectivity index (χ3v) is 5.86. The first-order valence-corrected chi connectivity index (χ1v) is 11.6. The lowest BCUT2D eigenvalue weighted by Crippen LogP contribution is -2.18. The van der Waals surface area contributed by atoms with Crippen molar-refractivity contribution in [2.45, 2.75) is 6.92 Å². The van der Waals surface area contributed by atoms with Gasteiger partial charge in [-0.25, -0.2) is 14.8 Å². The fraction of sp³-hybridized carbons (Fsp3) is 0.111. The molecule has 0 spiro atoms. The number of fused-ring (bicyclic) bond motifs is 2. The molecule has 0 saturated heterocycles. The molecule has 0 unspecified atom stereocenters. The van der Waals surface area contributed by atoms with Crippen LogP contribution in [0, 0.1) is 0 Å². The minimum absolute atomic E-state index is 0.114. The fourth-order valence-electron chi connectivity index (χ4n) is 3.92. The van der Waals surface area contributed by atoms with E-state index in [1.807, 2.05) is 36.4 Å². The Balaban J connectivity index is 1.80. The summed E-state index contributed by atoms with van der Waals surface area (Å²) in [4.78, 5) is 36.0. The summed E-state index contributed by atoms with van der Waals surface area (Å²) < 4.78 is 12.4. The minimum Gasteiger partial charge on any atom is -0.497 e. The van der Waals surface area contributed by atoms with E-state index in [0.717, 1.165) is 0 Å². The van der Waals surface area contributed by atoms with E-state index in [2.05, 4.69) is 5.32 Å². The number of benzene rings is 3. The maximum absolute atomic E-state index is 13.3. The normalized spacial score (nSPS) is 11.0. The second kappa shape index (κ2) is 9.67. The SMILES string of the molecule is CCOC(=O)c1c(NC(=O)c2ccc(Cl)cc2)n(-c2ccc(OC)cc2)c2nc3ccccc3nc12. The number of anilines is 1. The monoisotopic (exact) mass is 500 g/mol. The van der Waals surface area contributed by atoms with Crippen molar-refractivity contribution in [2.75, 3.05) is 19.0 Å². The molecule has 1 N–H and O–H groups in total. The van der Waals surface area contributed by atoms with Gasteiger partial charge >= 0.3 is 5.97 Å². The largest absolute Gasteiger partial charge is 0.497 e. The molecule has 3 aromatic carbocycles. The molecular formula is C27H21ClN4O4. The first kappa shape index (κ1) is 23.3. The Labute approximate surface area is 211 Å². The van der Waals surface area contributed by atoms with E-state index in [1.54, 1.807) is 55.0 Å². The van der Waals surface area contributed by atoms with Gasteiger partial charge in [-0.15, -0.1) is 0 Å². The van der Waals surface area contributed by atoms with Crippen LogP contribution in [0.5, 0.6) is 5.75 Å². The lowest BCUT2D eigenvalue weighted by Gasteiger charge is -2.13. The summed E-state index contributed by atoms with van der Waals surface area (Å²) in [5.41, 5.74) is 3.09. The van der Waals surface area contributed by atoms with E-state index in [9.17, 15) is 9.59 Å². The Morgan fingerprint density at radius 3 is 2.25 bits per heavy atom. The van der Waals surface area contributed by atoms with Crippen LogP contribution in [-0.2, 0) is 4.74 Å². The second-order valence-electron chi connectivity index (χ2n) is 7.82. The van der Waals surface area contributed by atoms with Crippen LogP contribution < -0.4 is 10.1 Å². The zero-order chi connectivity index (χ0) is 25.2. The number of carbonyl (C=O) groups excluding carboxylic acids is 2. The Hall–Kier alpha value is -4.43. The third-order valence-electron chi connectivity index (χ3n) is 5.61. The number of aromatic nitrogens is 3. The number of amides is 1. The Morgan fingerprint density at radius 1 is 0.944 bits per heavy atom. The summed E-state index contributed by atoms with van der Waals surface area (Å²) in [7, 11) is 1.58. The molecule has 0 radical (unpaired) electrons. The lowest BCUT2D eigenvalue weighted by atomic mass is 10.2. The average Bonchev–Trinajstić information content (AvgIpc) is 3.20. The van der Waals surface area contributed by atoms with Crippen LogP contribution in [-0.4, -0.2) is 40.1 Å². The molecule has 5 aromatic rings. The molecule has 9 heteroatoms. The number of methoxy groups -OCH3 is 1. The van der Waals surface area contributed by atoms with E-state index in [0.29, 0.717) is 44.2 Å². The second-order valence-corrected chi connectivity index (χ2v) is 8.26. The maximum atomic E-state index is 13.3. The van der Waals surface area contributed by atoms with Crippen LogP contribution in [0.3, 0.4) is 0 Å². The number of hydrogen-bond donors (Lipinski definition) is 1. The molecule has 8 nitrogen and oxygen atoms in total. The molecule has 0 fully saturated rings. The van der Waals surface area contributed by atoms with Gasteiger partial charge in [0.2, 0.25) is 0 Å². The van der Waals surface area contributed by atoms with E-state index < -0.39 is 11.9 Å². The Kier molecular flexibility index (Phi) is 6.26. The van der Waals surface area contributed by atoms with Gasteiger partial charge in [-0.1, -0.05) is 23.7 Å². The molecule has 0 aliphatic heterocycles. The number of hydrogen-bond acceptors (Lipinski definition) is 6. The highest BCUT2D eigenvalue weighted by molar-refractivity contribution is 6.30. The zero-order valence-corrected chi connectivity index (χ0v) is 20.2. The summed E-state index contributed by atoms with van der Waals surface area (Å²) in [6.07, 6.45) is 0. The van der Waals surface area contributed by atoms with Crippen LogP contribution >= 0.6 is 11.6 Å². The van der Waals surface area contributed by atoms with Gasteiger partial charge in [-0.3, -0.25) is 9.36 Å². The summed E-state index contributed by atoms with van der Waals surface area (Å²) in [6.45, 7) is 1.87. The van der Waals surface area contributed by atoms with Gasteiger partial charge in [-0.2, -0.15) is 0 Å². The molecule has 0 aliphatic rings. The van der Waals surface area contributed by atoms with Gasteiger partial charge < -0.3 is 14.8 Å². The van der Waals surface area contributed by atoms with E-state index in [-0.39, 0.29) is 18.0 Å². The van der Waals surface area contributed by atoms with Crippen LogP contribution in [0.15, 0.2) is 72.8 Å². The van der Waals surface area contributed by atoms with Gasteiger partial charge in [0.15, 0.2) is 5.65 Å². The van der Waals surface area contributed by atoms with E-state index in [1.165, 1.54) is 0 Å². The van der Waals surface area contributed by atoms with Crippen molar-refractivity contribution in [1.29, 1.82) is 0 Å². The summed E-state index contributed by atoms with van der Waals surface area (Å²) >= 11 is 5.99. The average molecular weight is 501 g/mol. The number of ether oxygens (including phenoxy) is 2. The van der Waals surface area contributed by atoms with Gasteiger partial charge in [-0.05, 0) is 67.6 Å². The molecule has 0 saturated carbocycles. The van der Waals surface area contributed by atoms with Crippen LogP contribution in [0.1, 0.15) is 27.6 Å². The van der Waals surface area contributed by atoms with Crippen molar-refractivity contribution >= 4 is 51.5 Å². The maximum Gasteiger partial charge on any atom is 0.344 e. The molecule has 36 heavy (non-hydrogen) atoms. The van der Waals surface area contributed by atoms with Crippen molar-refractivity contribution in [3.05, 3.63) is 88.9 Å². The molecule has 0 aliphatic carbocycles. The Morgan fingerprint density at radius 2 is 1.61 bits per heavy atom. The number of carbonyl (C=O) groups is 2. The van der Waals surface area contributed by atoms with Crippen molar-refractivity contribution in [3.8, 4) is 11.4 Å². The summed E-state index contributed by atoms with van der Waals surface area (Å²) in [6, 6.07) is 21.0. The Bertz CT molecular complexity index is 1600. The van der Waals surface area contributed by atoms with Gasteiger partial charge in [0.25, 0.3) is 5.91 Å². The van der Waals surface area contributed by atoms with Gasteiger partial charge in [0, 0.05) is 16.3 Å². The standard InChI is InChI=1S/C27H21ClN4O4/c1-3-36-27(34)22-23-25(30-21-7-5-4-6-20(21)29-23)32(18-12-14-19(35-2)15-13-18)24(22)31-26(33)16-8-10-17(28)11-9-16/h4-15H,3H2,1-2H3,(H,31,33). The van der Waals surface area contributed by atoms with Gasteiger partial charge in [0.05, 0.1) is 24.8 Å². The number of esters is 1. The molecule has 5 rings (SSSR count). The number of halogens is 1. The number of nitrogens with one attached hydrogen (secondary N) is 1. The molecule has 1 amide bonds. The van der Waals surface area contributed by atoms with Gasteiger partial charge in [0.1, 0.15) is 22.6 Å². The highest BCUT2D eigenvalue weighted by atomic mass is 35.5. The highest BCUT2D eigenvalue weighted by Crippen LogP contribution is 2.34. The summed E-state index contributed by atoms with van der Waals surface area (Å²) in [5, 5.41) is 3.40. The van der Waals surface area contributed by atoms with Crippen LogP contribution in [0.4, 0.5) is 5.82 Å². The van der Waals surface area contributed by atoms with Crippen molar-refractivity contribution in [1.82, 2.24) is 14.5 Å². The molecule has 0 atom stereocenters. The van der Waals surface area contributed by atoms with E-state index in [4.69, 9.17) is 31.0 Å². The highest BCUT2D eigenvalue weighted by Gasteiger charge is 2.29. The molecular weight excluding hydrogens is 480 g/mol. The summed E-state index contributed by atoms with van der Waals surface area (Å²) in [5.74, 6) is -0.196. The first-order valence-electron chi connectivity index (χ1n) is 11.2. The topological polar surface area (TPSA) is 95.3 Å². The predicted molar refractivity (Wildman–Crippen MR) is 138 cm³/mol. The molecule has 0 bridgehead atoms. The van der Waals surface area contributed by atoms with Crippen molar-refractivity contribution in [2.24, 2.45) is 0 Å². The van der Waals surface area contributed by atoms with Crippen LogP contribution in [0.25, 0.3) is 27.9 Å². The van der Waals surface area contributed by atoms with E-state index >= 15 is 0 Å². The van der Waals surface area contributed by atoms with Crippen molar-refractivity contribution < 1.29 is 19.1 Å². The lowest BCUT2D eigenvalue weighted by molar-refractivity contribution is 0.0529. The molecule has 2 aromatic heterocycles. The third kappa shape index (κ3) is 4.23. The predicted octanol–water partition coefficient (Wildman–Crippen LogP) is 5.66. The number of nitrogens with zero attached hydrogens (tertiary/aromatic N) is 3. The molecule has 2 heterocycles. The van der Waals surface area contributed by atoms with Crippen LogP contribution in [0.2, 0.25) is 5.02 Å². The minimum atomic E-state index is -0.620. The smallest absolute Gasteiger partial charge is 0.344 e. The number of rotatable bonds is 6. The number of para-hydroxylation sites is 2.